The Morgan fingerprint density at radius 3 is 2.40 bits per heavy atom. The molecule has 1 aromatic heterocycles. The number of anilines is 1. The molecule has 0 aliphatic carbocycles. The fourth-order valence-electron chi connectivity index (χ4n) is 3.98. The fraction of sp³-hybridized carbons (Fsp3) is 0.111. The summed E-state index contributed by atoms with van der Waals surface area (Å²) < 4.78 is 0.934. The molecular formula is C27H22BrN5OS. The maximum absolute atomic E-state index is 13.0. The maximum atomic E-state index is 13.0. The SMILES string of the molecule is CCc1ccc(-n2nc3cc(C)c(NC(=S)NC(=O)c4cccc5c(Br)cccc45)cc3n2)cc1. The van der Waals surface area contributed by atoms with E-state index < -0.39 is 0 Å². The van der Waals surface area contributed by atoms with Gasteiger partial charge in [-0.2, -0.15) is 4.80 Å². The van der Waals surface area contributed by atoms with Crippen LogP contribution in [0.1, 0.15) is 28.4 Å². The van der Waals surface area contributed by atoms with Crippen molar-refractivity contribution < 1.29 is 4.79 Å². The van der Waals surface area contributed by atoms with Crippen molar-refractivity contribution in [2.24, 2.45) is 0 Å². The standard InChI is InChI=1S/C27H22BrN5OS/c1-3-17-10-12-18(13-11-17)33-31-24-14-16(2)23(15-25(24)32-33)29-27(35)30-26(34)21-8-4-7-20-19(21)6-5-9-22(20)28/h4-15H,3H2,1-2H3,(H2,29,30,34,35). The molecule has 5 rings (SSSR count). The molecule has 0 unspecified atom stereocenters. The van der Waals surface area contributed by atoms with Crippen LogP contribution >= 0.6 is 28.1 Å². The van der Waals surface area contributed by atoms with E-state index in [9.17, 15) is 4.79 Å². The third kappa shape index (κ3) is 4.67. The summed E-state index contributed by atoms with van der Waals surface area (Å²) in [4.78, 5) is 14.6. The number of aryl methyl sites for hydroxylation is 2. The van der Waals surface area contributed by atoms with Crippen molar-refractivity contribution in [3.05, 3.63) is 94.0 Å². The smallest absolute Gasteiger partial charge is 0.258 e. The monoisotopic (exact) mass is 543 g/mol. The van der Waals surface area contributed by atoms with Crippen LogP contribution in [-0.4, -0.2) is 26.0 Å². The molecule has 0 aliphatic rings. The first-order valence-electron chi connectivity index (χ1n) is 11.2. The number of hydrogen-bond acceptors (Lipinski definition) is 4. The first-order valence-corrected chi connectivity index (χ1v) is 12.4. The van der Waals surface area contributed by atoms with E-state index in [2.05, 4.69) is 55.8 Å². The topological polar surface area (TPSA) is 71.8 Å². The lowest BCUT2D eigenvalue weighted by Crippen LogP contribution is -2.34. The molecule has 0 fully saturated rings. The largest absolute Gasteiger partial charge is 0.332 e. The highest BCUT2D eigenvalue weighted by Gasteiger charge is 2.14. The van der Waals surface area contributed by atoms with Crippen molar-refractivity contribution in [2.45, 2.75) is 20.3 Å². The Hall–Kier alpha value is -3.62. The number of carbonyl (C=O) groups is 1. The molecule has 4 aromatic carbocycles. The van der Waals surface area contributed by atoms with Crippen molar-refractivity contribution in [2.75, 3.05) is 5.32 Å². The van der Waals surface area contributed by atoms with Crippen molar-refractivity contribution in [3.8, 4) is 5.69 Å². The number of nitrogens with one attached hydrogen (secondary N) is 2. The van der Waals surface area contributed by atoms with Crippen LogP contribution in [0.15, 0.2) is 77.3 Å². The zero-order valence-electron chi connectivity index (χ0n) is 19.2. The minimum Gasteiger partial charge on any atom is -0.332 e. The molecule has 1 heterocycles. The molecule has 1 amide bonds. The molecule has 0 bridgehead atoms. The Kier molecular flexibility index (Phi) is 6.32. The average Bonchev–Trinajstić information content (AvgIpc) is 3.26. The molecule has 0 saturated heterocycles. The number of halogens is 1. The van der Waals surface area contributed by atoms with Gasteiger partial charge in [0, 0.05) is 15.7 Å². The second-order valence-corrected chi connectivity index (χ2v) is 9.48. The second kappa shape index (κ2) is 9.56. The average molecular weight is 544 g/mol. The van der Waals surface area contributed by atoms with Crippen LogP contribution in [0.25, 0.3) is 27.5 Å². The molecule has 2 N–H and O–H groups in total. The molecule has 174 valence electrons. The van der Waals surface area contributed by atoms with Gasteiger partial charge in [-0.3, -0.25) is 10.1 Å². The summed E-state index contributed by atoms with van der Waals surface area (Å²) in [6, 6.07) is 23.4. The van der Waals surface area contributed by atoms with E-state index in [0.29, 0.717) is 5.56 Å². The molecule has 0 atom stereocenters. The van der Waals surface area contributed by atoms with E-state index in [4.69, 9.17) is 12.2 Å². The highest BCUT2D eigenvalue weighted by Crippen LogP contribution is 2.26. The number of amides is 1. The zero-order chi connectivity index (χ0) is 24.5. The van der Waals surface area contributed by atoms with E-state index in [1.807, 2.05) is 61.5 Å². The van der Waals surface area contributed by atoms with Gasteiger partial charge in [0.15, 0.2) is 5.11 Å². The van der Waals surface area contributed by atoms with E-state index in [1.165, 1.54) is 5.56 Å². The van der Waals surface area contributed by atoms with Gasteiger partial charge >= 0.3 is 0 Å². The number of thiocarbonyl (C=S) groups is 1. The van der Waals surface area contributed by atoms with Crippen LogP contribution in [0, 0.1) is 6.92 Å². The summed E-state index contributed by atoms with van der Waals surface area (Å²) in [5.41, 5.74) is 5.93. The van der Waals surface area contributed by atoms with Crippen LogP contribution in [-0.2, 0) is 6.42 Å². The summed E-state index contributed by atoms with van der Waals surface area (Å²) >= 11 is 9.00. The molecule has 35 heavy (non-hydrogen) atoms. The summed E-state index contributed by atoms with van der Waals surface area (Å²) in [6.45, 7) is 4.09. The molecular weight excluding hydrogens is 522 g/mol. The van der Waals surface area contributed by atoms with Gasteiger partial charge in [-0.15, -0.1) is 10.2 Å². The number of nitrogens with zero attached hydrogens (tertiary/aromatic N) is 3. The molecule has 0 spiro atoms. The molecule has 0 aliphatic heterocycles. The van der Waals surface area contributed by atoms with Crippen LogP contribution in [0.5, 0.6) is 0 Å². The van der Waals surface area contributed by atoms with Gasteiger partial charge in [0.1, 0.15) is 11.0 Å². The lowest BCUT2D eigenvalue weighted by Gasteiger charge is -2.13. The second-order valence-electron chi connectivity index (χ2n) is 8.21. The summed E-state index contributed by atoms with van der Waals surface area (Å²) in [7, 11) is 0. The number of hydrogen-bond donors (Lipinski definition) is 2. The number of benzene rings is 4. The Morgan fingerprint density at radius 1 is 0.971 bits per heavy atom. The number of fused-ring (bicyclic) bond motifs is 2. The molecule has 5 aromatic rings. The van der Waals surface area contributed by atoms with Crippen molar-refractivity contribution >= 4 is 66.7 Å². The number of carbonyl (C=O) groups excluding carboxylic acids is 1. The van der Waals surface area contributed by atoms with E-state index in [0.717, 1.165) is 49.6 Å². The van der Waals surface area contributed by atoms with Crippen LogP contribution in [0.2, 0.25) is 0 Å². The highest BCUT2D eigenvalue weighted by molar-refractivity contribution is 9.10. The van der Waals surface area contributed by atoms with E-state index in [1.54, 1.807) is 10.9 Å². The van der Waals surface area contributed by atoms with E-state index >= 15 is 0 Å². The third-order valence-electron chi connectivity index (χ3n) is 5.89. The Morgan fingerprint density at radius 2 is 1.66 bits per heavy atom. The third-order valence-corrected chi connectivity index (χ3v) is 6.79. The maximum Gasteiger partial charge on any atom is 0.258 e. The first kappa shape index (κ1) is 23.1. The summed E-state index contributed by atoms with van der Waals surface area (Å²) in [6.07, 6.45) is 0.984. The molecule has 0 saturated carbocycles. The first-order chi connectivity index (χ1) is 16.9. The van der Waals surface area contributed by atoms with Crippen LogP contribution < -0.4 is 10.6 Å². The summed E-state index contributed by atoms with van der Waals surface area (Å²) in [5.74, 6) is -0.272. The molecule has 6 nitrogen and oxygen atoms in total. The molecule has 0 radical (unpaired) electrons. The highest BCUT2D eigenvalue weighted by atomic mass is 79.9. The Labute approximate surface area is 216 Å². The van der Waals surface area contributed by atoms with Gasteiger partial charge in [0.25, 0.3) is 5.91 Å². The van der Waals surface area contributed by atoms with Gasteiger partial charge in [0.05, 0.1) is 5.69 Å². The zero-order valence-corrected chi connectivity index (χ0v) is 21.6. The molecule has 8 heteroatoms. The van der Waals surface area contributed by atoms with Crippen LogP contribution in [0.4, 0.5) is 5.69 Å². The minimum absolute atomic E-state index is 0.215. The minimum atomic E-state index is -0.272. The van der Waals surface area contributed by atoms with E-state index in [-0.39, 0.29) is 11.0 Å². The fourth-order valence-corrected chi connectivity index (χ4v) is 4.68. The number of rotatable bonds is 4. The summed E-state index contributed by atoms with van der Waals surface area (Å²) in [5, 5.41) is 17.2. The van der Waals surface area contributed by atoms with Gasteiger partial charge in [0.2, 0.25) is 0 Å². The normalized spacial score (nSPS) is 11.1. The van der Waals surface area contributed by atoms with Crippen molar-refractivity contribution in [1.82, 2.24) is 20.3 Å². The lowest BCUT2D eigenvalue weighted by molar-refractivity contribution is 0.0979. The predicted octanol–water partition coefficient (Wildman–Crippen LogP) is 6.33. The van der Waals surface area contributed by atoms with Gasteiger partial charge in [-0.25, -0.2) is 0 Å². The van der Waals surface area contributed by atoms with Crippen LogP contribution in [0.3, 0.4) is 0 Å². The van der Waals surface area contributed by atoms with Gasteiger partial charge < -0.3 is 5.32 Å². The van der Waals surface area contributed by atoms with Gasteiger partial charge in [-0.1, -0.05) is 59.3 Å². The van der Waals surface area contributed by atoms with Gasteiger partial charge in [-0.05, 0) is 83.9 Å². The Bertz CT molecular complexity index is 1590. The number of aromatic nitrogens is 3. The van der Waals surface area contributed by atoms with Crippen molar-refractivity contribution in [3.63, 3.8) is 0 Å². The lowest BCUT2D eigenvalue weighted by atomic mass is 10.0. The quantitative estimate of drug-likeness (QED) is 0.259. The predicted molar refractivity (Wildman–Crippen MR) is 148 cm³/mol. The Balaban J connectivity index is 1.36. The van der Waals surface area contributed by atoms with Crippen molar-refractivity contribution in [1.29, 1.82) is 0 Å².